The molecule has 1 aromatic rings. The summed E-state index contributed by atoms with van der Waals surface area (Å²) in [6.45, 7) is 1.15. The predicted molar refractivity (Wildman–Crippen MR) is 176 cm³/mol. The van der Waals surface area contributed by atoms with Crippen LogP contribution in [-0.4, -0.2) is 127 Å². The van der Waals surface area contributed by atoms with Crippen molar-refractivity contribution < 1.29 is 75.6 Å². The van der Waals surface area contributed by atoms with E-state index in [4.69, 9.17) is 23.7 Å². The number of aliphatic hydroxyl groups excluding tert-OH is 1. The van der Waals surface area contributed by atoms with Crippen molar-refractivity contribution in [3.05, 3.63) is 35.9 Å². The maximum Gasteiger partial charge on any atom is 0.333 e. The summed E-state index contributed by atoms with van der Waals surface area (Å²) < 4.78 is 59.7. The number of carbonyl (C=O) groups is 6. The van der Waals surface area contributed by atoms with Crippen LogP contribution in [0, 0.1) is 0 Å². The van der Waals surface area contributed by atoms with Gasteiger partial charge in [-0.25, -0.2) is 4.79 Å². The van der Waals surface area contributed by atoms with Crippen LogP contribution < -0.4 is 20.1 Å². The van der Waals surface area contributed by atoms with Crippen molar-refractivity contribution in [3.8, 4) is 11.5 Å². The van der Waals surface area contributed by atoms with Crippen LogP contribution in [0.3, 0.4) is 0 Å². The highest BCUT2D eigenvalue weighted by Gasteiger charge is 2.34. The topological polar surface area (TPSA) is 271 Å². The van der Waals surface area contributed by atoms with Crippen molar-refractivity contribution >= 4 is 45.7 Å². The maximum absolute atomic E-state index is 12.6. The monoisotopic (exact) mass is 757 g/mol. The second-order valence-corrected chi connectivity index (χ2v) is 13.3. The minimum Gasteiger partial charge on any atom is -0.491 e. The summed E-state index contributed by atoms with van der Waals surface area (Å²) in [5.41, 5.74) is 0.474. The number of imide groups is 1. The Labute approximate surface area is 299 Å². The van der Waals surface area contributed by atoms with Gasteiger partial charge in [0.1, 0.15) is 36.5 Å². The van der Waals surface area contributed by atoms with Crippen molar-refractivity contribution in [1.29, 1.82) is 0 Å². The molecular weight excluding hydrogens is 714 g/mol. The summed E-state index contributed by atoms with van der Waals surface area (Å²) in [4.78, 5) is 72.0. The molecule has 2 aliphatic heterocycles. The van der Waals surface area contributed by atoms with E-state index in [1.54, 1.807) is 6.07 Å². The lowest BCUT2D eigenvalue weighted by molar-refractivity contribution is -0.195. The summed E-state index contributed by atoms with van der Waals surface area (Å²) >= 11 is 0. The number of carbonyl (C=O) groups excluding carboxylic acids is 5. The molecule has 2 aliphatic rings. The van der Waals surface area contributed by atoms with E-state index in [0.29, 0.717) is 24.8 Å². The number of amides is 4. The number of benzene rings is 1. The number of carboxylic acids is 1. The molecule has 0 bridgehead atoms. The van der Waals surface area contributed by atoms with Crippen molar-refractivity contribution in [2.45, 2.75) is 76.6 Å². The van der Waals surface area contributed by atoms with Gasteiger partial charge in [0.15, 0.2) is 6.10 Å². The molecule has 3 rings (SSSR count). The molecule has 19 nitrogen and oxygen atoms in total. The molecule has 0 spiro atoms. The molecule has 0 aromatic heterocycles. The summed E-state index contributed by atoms with van der Waals surface area (Å²) in [5.74, 6) is -4.67. The molecule has 0 aliphatic carbocycles. The van der Waals surface area contributed by atoms with Gasteiger partial charge in [-0.05, 0) is 25.0 Å². The van der Waals surface area contributed by atoms with Crippen LogP contribution in [0.2, 0.25) is 0 Å². The second kappa shape index (κ2) is 20.4. The van der Waals surface area contributed by atoms with E-state index < -0.39 is 76.0 Å². The van der Waals surface area contributed by atoms with Crippen molar-refractivity contribution in [2.24, 2.45) is 0 Å². The average Bonchev–Trinajstić information content (AvgIpc) is 3.38. The first kappa shape index (κ1) is 41.8. The average molecular weight is 758 g/mol. The van der Waals surface area contributed by atoms with Crippen molar-refractivity contribution in [3.63, 3.8) is 0 Å². The number of ether oxygens (including phenoxy) is 5. The molecule has 288 valence electrons. The van der Waals surface area contributed by atoms with Crippen LogP contribution >= 0.6 is 0 Å². The Morgan fingerprint density at radius 2 is 1.77 bits per heavy atom. The molecule has 1 saturated heterocycles. The number of nitrogens with one attached hydrogen (secondary N) is 2. The van der Waals surface area contributed by atoms with Crippen LogP contribution in [0.15, 0.2) is 30.4 Å². The maximum atomic E-state index is 12.6. The van der Waals surface area contributed by atoms with Crippen LogP contribution in [0.25, 0.3) is 0 Å². The summed E-state index contributed by atoms with van der Waals surface area (Å²) in [5, 5.41) is 24.0. The van der Waals surface area contributed by atoms with Crippen LogP contribution in [0.4, 0.5) is 0 Å². The van der Waals surface area contributed by atoms with E-state index in [0.717, 1.165) is 4.90 Å². The standard InChI is InChI=1S/C32H43N3O16S/c1-20(36)49-18-21-6-7-23(50-30-16-22(37)15-26(51-30)32(42)43)17-25(21)48-14-13-47-12-10-33-31(41)24(19-52(44,45)46)34-27(38)5-3-2-4-11-35-28(39)8-9-29(35)40/h6-9,17,22,24,26,30,37H,2-5,10-16,18-19H2,1H3,(H,33,41)(H,34,38)(H,42,43)(H,44,45,46). The zero-order valence-electron chi connectivity index (χ0n) is 28.4. The highest BCUT2D eigenvalue weighted by Crippen LogP contribution is 2.29. The van der Waals surface area contributed by atoms with E-state index in [9.17, 15) is 52.0 Å². The van der Waals surface area contributed by atoms with E-state index >= 15 is 0 Å². The molecule has 0 radical (unpaired) electrons. The van der Waals surface area contributed by atoms with Gasteiger partial charge in [0.2, 0.25) is 18.1 Å². The lowest BCUT2D eigenvalue weighted by Crippen LogP contribution is -2.50. The fraction of sp³-hybridized carbons (Fsp3) is 0.562. The Hall–Kier alpha value is -4.63. The van der Waals surface area contributed by atoms with Gasteiger partial charge in [-0.1, -0.05) is 6.42 Å². The SMILES string of the molecule is CC(=O)OCc1ccc(OC2CC(O)CC(C(=O)O)O2)cc1OCCOCCNC(=O)C(CS(=O)(=O)O)NC(=O)CCCCCN1C(=O)C=CC1=O. The van der Waals surface area contributed by atoms with Gasteiger partial charge in [-0.3, -0.25) is 33.4 Å². The van der Waals surface area contributed by atoms with Crippen LogP contribution in [0.5, 0.6) is 11.5 Å². The molecule has 52 heavy (non-hydrogen) atoms. The minimum atomic E-state index is -4.64. The highest BCUT2D eigenvalue weighted by atomic mass is 32.2. The summed E-state index contributed by atoms with van der Waals surface area (Å²) in [7, 11) is -4.64. The van der Waals surface area contributed by atoms with Crippen LogP contribution in [-0.2, 0) is 59.7 Å². The number of aliphatic hydroxyl groups is 1. The van der Waals surface area contributed by atoms with E-state index in [2.05, 4.69) is 10.6 Å². The Morgan fingerprint density at radius 3 is 2.44 bits per heavy atom. The van der Waals surface area contributed by atoms with Gasteiger partial charge in [-0.15, -0.1) is 0 Å². The molecule has 4 amide bonds. The number of hydrogen-bond acceptors (Lipinski definition) is 14. The third kappa shape index (κ3) is 14.9. The van der Waals surface area contributed by atoms with Gasteiger partial charge in [-0.2, -0.15) is 8.42 Å². The van der Waals surface area contributed by atoms with E-state index in [1.807, 2.05) is 0 Å². The first-order valence-corrected chi connectivity index (χ1v) is 18.0. The molecule has 20 heteroatoms. The number of aliphatic carboxylic acids is 1. The summed E-state index contributed by atoms with van der Waals surface area (Å²) in [6.07, 6.45) is 0.261. The Kier molecular flexibility index (Phi) is 16.4. The van der Waals surface area contributed by atoms with Crippen molar-refractivity contribution in [2.75, 3.05) is 38.7 Å². The normalized spacial score (nSPS) is 19.2. The molecule has 4 unspecified atom stereocenters. The predicted octanol–water partition coefficient (Wildman–Crippen LogP) is -0.551. The van der Waals surface area contributed by atoms with Gasteiger partial charge in [0.25, 0.3) is 21.9 Å². The highest BCUT2D eigenvalue weighted by molar-refractivity contribution is 7.85. The fourth-order valence-corrected chi connectivity index (χ4v) is 5.67. The molecule has 4 atom stereocenters. The lowest BCUT2D eigenvalue weighted by atomic mass is 10.1. The van der Waals surface area contributed by atoms with Gasteiger partial charge in [0.05, 0.1) is 19.3 Å². The molecule has 1 aromatic carbocycles. The van der Waals surface area contributed by atoms with Crippen molar-refractivity contribution in [1.82, 2.24) is 15.5 Å². The van der Waals surface area contributed by atoms with Gasteiger partial charge in [0, 0.05) is 63.1 Å². The Balaban J connectivity index is 1.42. The number of unbranched alkanes of at least 4 members (excludes halogenated alkanes) is 2. The second-order valence-electron chi connectivity index (χ2n) is 11.8. The van der Waals surface area contributed by atoms with Gasteiger partial charge >= 0.3 is 11.9 Å². The summed E-state index contributed by atoms with van der Waals surface area (Å²) in [6, 6.07) is 2.99. The molecule has 1 fully saturated rings. The number of rotatable bonds is 22. The third-order valence-electron chi connectivity index (χ3n) is 7.53. The number of hydrogen-bond donors (Lipinski definition) is 5. The van der Waals surface area contributed by atoms with Crippen LogP contribution in [0.1, 0.15) is 51.0 Å². The van der Waals surface area contributed by atoms with Gasteiger partial charge < -0.3 is 44.5 Å². The quantitative estimate of drug-likeness (QED) is 0.0430. The zero-order chi connectivity index (χ0) is 38.3. The first-order chi connectivity index (χ1) is 24.6. The third-order valence-corrected chi connectivity index (χ3v) is 8.28. The fourth-order valence-electron chi connectivity index (χ4n) is 5.01. The smallest absolute Gasteiger partial charge is 0.333 e. The minimum absolute atomic E-state index is 0.00789. The number of esters is 1. The molecular formula is C32H43N3O16S. The van der Waals surface area contributed by atoms with E-state index in [1.165, 1.54) is 31.2 Å². The molecule has 0 saturated carbocycles. The number of carboxylic acid groups (broad SMARTS) is 1. The Bertz CT molecular complexity index is 1560. The molecule has 2 heterocycles. The zero-order valence-corrected chi connectivity index (χ0v) is 29.2. The largest absolute Gasteiger partial charge is 0.491 e. The molecule has 5 N–H and O–H groups in total. The Morgan fingerprint density at radius 1 is 1.04 bits per heavy atom. The number of nitrogens with zero attached hydrogens (tertiary/aromatic N) is 1. The lowest BCUT2D eigenvalue weighted by Gasteiger charge is -2.31. The van der Waals surface area contributed by atoms with E-state index in [-0.39, 0.29) is 70.3 Å². The first-order valence-electron chi connectivity index (χ1n) is 16.4.